The molecule has 1 amide bonds. The molecule has 1 fully saturated rings. The maximum atomic E-state index is 13.0. The lowest BCUT2D eigenvalue weighted by molar-refractivity contribution is 0.0126. The van der Waals surface area contributed by atoms with E-state index in [0.29, 0.717) is 29.4 Å². The molecule has 1 saturated heterocycles. The van der Waals surface area contributed by atoms with Gasteiger partial charge in [-0.05, 0) is 51.7 Å². The summed E-state index contributed by atoms with van der Waals surface area (Å²) in [4.78, 5) is 14.9. The number of fused-ring (bicyclic) bond motifs is 3. The minimum absolute atomic E-state index is 0.0501. The molecule has 26 heavy (non-hydrogen) atoms. The quantitative estimate of drug-likeness (QED) is 0.830. The Morgan fingerprint density at radius 1 is 1.27 bits per heavy atom. The molecule has 2 aromatic rings. The van der Waals surface area contributed by atoms with Crippen LogP contribution in [-0.4, -0.2) is 34.6 Å². The summed E-state index contributed by atoms with van der Waals surface area (Å²) >= 11 is 0. The Bertz CT molecular complexity index is 859. The molecular formula is C21H27NO4. The zero-order valence-electron chi connectivity index (χ0n) is 16.0. The first-order chi connectivity index (χ1) is 12.3. The van der Waals surface area contributed by atoms with E-state index < -0.39 is 11.7 Å². The van der Waals surface area contributed by atoms with Gasteiger partial charge in [-0.15, -0.1) is 0 Å². The lowest BCUT2D eigenvalue weighted by Gasteiger charge is -2.35. The zero-order valence-corrected chi connectivity index (χ0v) is 16.0. The number of aliphatic hydroxyl groups is 1. The van der Waals surface area contributed by atoms with Crippen LogP contribution in [0.4, 0.5) is 0 Å². The second-order valence-electron chi connectivity index (χ2n) is 8.46. The first kappa shape index (κ1) is 17.4. The van der Waals surface area contributed by atoms with Gasteiger partial charge in [-0.1, -0.05) is 6.92 Å². The standard InChI is InChI=1S/C21H27NO4/c1-12-7-9-22(10-8-12)20(24)19-13(2)17-15(25-19)5-6-16-18(17)14(23)11-21(3,4)26-16/h5-6,12,14,23H,7-11H2,1-4H3. The third kappa shape index (κ3) is 2.78. The minimum atomic E-state index is -0.632. The van der Waals surface area contributed by atoms with Gasteiger partial charge in [-0.25, -0.2) is 0 Å². The fourth-order valence-corrected chi connectivity index (χ4v) is 4.24. The van der Waals surface area contributed by atoms with Crippen LogP contribution >= 0.6 is 0 Å². The van der Waals surface area contributed by atoms with E-state index >= 15 is 0 Å². The third-order valence-electron chi connectivity index (χ3n) is 5.76. The van der Waals surface area contributed by atoms with E-state index in [1.807, 2.05) is 37.8 Å². The summed E-state index contributed by atoms with van der Waals surface area (Å²) in [6.45, 7) is 9.61. The second kappa shape index (κ2) is 6.02. The maximum absolute atomic E-state index is 13.0. The molecule has 1 aromatic carbocycles. The largest absolute Gasteiger partial charge is 0.487 e. The van der Waals surface area contributed by atoms with Gasteiger partial charge in [0, 0.05) is 36.0 Å². The van der Waals surface area contributed by atoms with Crippen molar-refractivity contribution in [2.24, 2.45) is 5.92 Å². The van der Waals surface area contributed by atoms with Crippen LogP contribution in [0, 0.1) is 12.8 Å². The molecule has 1 aromatic heterocycles. The molecule has 3 heterocycles. The topological polar surface area (TPSA) is 62.9 Å². The lowest BCUT2D eigenvalue weighted by atomic mass is 9.89. The van der Waals surface area contributed by atoms with E-state index in [-0.39, 0.29) is 5.91 Å². The van der Waals surface area contributed by atoms with Crippen molar-refractivity contribution in [3.8, 4) is 5.75 Å². The maximum Gasteiger partial charge on any atom is 0.289 e. The first-order valence-electron chi connectivity index (χ1n) is 9.49. The Balaban J connectivity index is 1.76. The fourth-order valence-electron chi connectivity index (χ4n) is 4.24. The summed E-state index contributed by atoms with van der Waals surface area (Å²) in [5.74, 6) is 1.68. The summed E-state index contributed by atoms with van der Waals surface area (Å²) < 4.78 is 12.0. The molecule has 0 spiro atoms. The number of aryl methyl sites for hydroxylation is 1. The van der Waals surface area contributed by atoms with Gasteiger partial charge in [0.15, 0.2) is 5.76 Å². The number of benzene rings is 1. The van der Waals surface area contributed by atoms with Crippen LogP contribution in [0.3, 0.4) is 0 Å². The van der Waals surface area contributed by atoms with Crippen molar-refractivity contribution in [2.75, 3.05) is 13.1 Å². The van der Waals surface area contributed by atoms with Crippen molar-refractivity contribution in [1.29, 1.82) is 0 Å². The molecule has 0 radical (unpaired) electrons. The van der Waals surface area contributed by atoms with Crippen LogP contribution in [-0.2, 0) is 0 Å². The van der Waals surface area contributed by atoms with Gasteiger partial charge in [-0.3, -0.25) is 4.79 Å². The second-order valence-corrected chi connectivity index (χ2v) is 8.46. The van der Waals surface area contributed by atoms with E-state index in [1.54, 1.807) is 0 Å². The van der Waals surface area contributed by atoms with E-state index in [2.05, 4.69) is 6.92 Å². The van der Waals surface area contributed by atoms with Gasteiger partial charge in [-0.2, -0.15) is 0 Å². The molecule has 140 valence electrons. The lowest BCUT2D eigenvalue weighted by Crippen LogP contribution is -2.38. The van der Waals surface area contributed by atoms with Crippen LogP contribution in [0.5, 0.6) is 5.75 Å². The number of furan rings is 1. The predicted molar refractivity (Wildman–Crippen MR) is 99.5 cm³/mol. The zero-order chi connectivity index (χ0) is 18.6. The number of likely N-dealkylation sites (tertiary alicyclic amines) is 1. The number of aliphatic hydroxyl groups excluding tert-OH is 1. The van der Waals surface area contributed by atoms with E-state index in [1.165, 1.54) is 0 Å². The predicted octanol–water partition coefficient (Wildman–Crippen LogP) is 4.21. The van der Waals surface area contributed by atoms with Crippen LogP contribution in [0.2, 0.25) is 0 Å². The Labute approximate surface area is 153 Å². The Hall–Kier alpha value is -2.01. The molecule has 0 bridgehead atoms. The monoisotopic (exact) mass is 357 g/mol. The molecule has 5 heteroatoms. The van der Waals surface area contributed by atoms with Gasteiger partial charge in [0.25, 0.3) is 5.91 Å². The van der Waals surface area contributed by atoms with Gasteiger partial charge >= 0.3 is 0 Å². The number of rotatable bonds is 1. The molecule has 1 N–H and O–H groups in total. The number of ether oxygens (including phenoxy) is 1. The third-order valence-corrected chi connectivity index (χ3v) is 5.76. The number of hydrogen-bond acceptors (Lipinski definition) is 4. The Morgan fingerprint density at radius 2 is 1.96 bits per heavy atom. The van der Waals surface area contributed by atoms with E-state index in [0.717, 1.165) is 42.4 Å². The SMILES string of the molecule is Cc1c(C(=O)N2CCC(C)CC2)oc2ccc3c(c12)C(O)CC(C)(C)O3. The van der Waals surface area contributed by atoms with Crippen LogP contribution in [0.1, 0.15) is 67.8 Å². The molecule has 5 nitrogen and oxygen atoms in total. The van der Waals surface area contributed by atoms with E-state index in [9.17, 15) is 9.90 Å². The highest BCUT2D eigenvalue weighted by atomic mass is 16.5. The van der Waals surface area contributed by atoms with Gasteiger partial charge < -0.3 is 19.2 Å². The van der Waals surface area contributed by atoms with Crippen LogP contribution in [0.25, 0.3) is 11.0 Å². The van der Waals surface area contributed by atoms with Crippen LogP contribution in [0.15, 0.2) is 16.5 Å². The molecule has 1 unspecified atom stereocenters. The molecule has 2 aliphatic heterocycles. The normalized spacial score (nSPS) is 23.0. The Kier molecular flexibility index (Phi) is 4.03. The van der Waals surface area contributed by atoms with Crippen molar-refractivity contribution in [3.05, 3.63) is 29.0 Å². The van der Waals surface area contributed by atoms with Crippen LogP contribution < -0.4 is 4.74 Å². The van der Waals surface area contributed by atoms with Gasteiger partial charge in [0.2, 0.25) is 0 Å². The average Bonchev–Trinajstić information content (AvgIpc) is 2.90. The Morgan fingerprint density at radius 3 is 2.65 bits per heavy atom. The molecule has 0 aliphatic carbocycles. The van der Waals surface area contributed by atoms with Crippen molar-refractivity contribution >= 4 is 16.9 Å². The summed E-state index contributed by atoms with van der Waals surface area (Å²) in [7, 11) is 0. The number of piperidine rings is 1. The fraction of sp³-hybridized carbons (Fsp3) is 0.571. The highest BCUT2D eigenvalue weighted by Crippen LogP contribution is 2.45. The molecular weight excluding hydrogens is 330 g/mol. The van der Waals surface area contributed by atoms with Crippen molar-refractivity contribution < 1.29 is 19.1 Å². The van der Waals surface area contributed by atoms with Gasteiger partial charge in [0.1, 0.15) is 16.9 Å². The van der Waals surface area contributed by atoms with Crippen molar-refractivity contribution in [2.45, 2.75) is 58.7 Å². The molecule has 4 rings (SSSR count). The molecule has 1 atom stereocenters. The first-order valence-corrected chi connectivity index (χ1v) is 9.49. The summed E-state index contributed by atoms with van der Waals surface area (Å²) in [5, 5.41) is 11.5. The minimum Gasteiger partial charge on any atom is -0.487 e. The van der Waals surface area contributed by atoms with Gasteiger partial charge in [0.05, 0.1) is 6.10 Å². The smallest absolute Gasteiger partial charge is 0.289 e. The number of hydrogen-bond donors (Lipinski definition) is 1. The number of amides is 1. The summed E-state index contributed by atoms with van der Waals surface area (Å²) in [6.07, 6.45) is 1.94. The summed E-state index contributed by atoms with van der Waals surface area (Å²) in [5.41, 5.74) is 1.76. The van der Waals surface area contributed by atoms with Crippen molar-refractivity contribution in [1.82, 2.24) is 4.90 Å². The van der Waals surface area contributed by atoms with Crippen molar-refractivity contribution in [3.63, 3.8) is 0 Å². The van der Waals surface area contributed by atoms with E-state index in [4.69, 9.17) is 9.15 Å². The average molecular weight is 357 g/mol. The number of carbonyl (C=O) groups excluding carboxylic acids is 1. The molecule has 0 saturated carbocycles. The number of carbonyl (C=O) groups is 1. The molecule has 2 aliphatic rings. The highest BCUT2D eigenvalue weighted by molar-refractivity contribution is 6.00. The highest BCUT2D eigenvalue weighted by Gasteiger charge is 2.36. The number of nitrogens with zero attached hydrogens (tertiary/aromatic N) is 1. The summed E-state index contributed by atoms with van der Waals surface area (Å²) in [6, 6.07) is 3.67.